The van der Waals surface area contributed by atoms with Gasteiger partial charge >= 0.3 is 5.97 Å². The Morgan fingerprint density at radius 2 is 2.03 bits per heavy atom. The number of amides is 1. The average molecular weight is 394 g/mol. The fourth-order valence-electron chi connectivity index (χ4n) is 5.09. The molecule has 2 atom stereocenters. The van der Waals surface area contributed by atoms with Gasteiger partial charge in [-0.25, -0.2) is 0 Å². The third-order valence-corrected chi connectivity index (χ3v) is 6.91. The summed E-state index contributed by atoms with van der Waals surface area (Å²) in [5, 5.41) is 10.8. The largest absolute Gasteiger partial charge is 0.481 e. The quantitative estimate of drug-likeness (QED) is 0.864. The molecule has 0 bridgehead atoms. The Kier molecular flexibility index (Phi) is 4.17. The fourth-order valence-corrected chi connectivity index (χ4v) is 5.09. The number of aryl methyl sites for hydroxylation is 2. The first-order valence-corrected chi connectivity index (χ1v) is 10.4. The number of carbonyl (C=O) groups excluding carboxylic acids is 1. The molecule has 6 nitrogen and oxygen atoms in total. The molecule has 1 aliphatic carbocycles. The van der Waals surface area contributed by atoms with E-state index in [-0.39, 0.29) is 18.4 Å². The van der Waals surface area contributed by atoms with Crippen molar-refractivity contribution in [2.75, 3.05) is 26.3 Å². The number of hydrogen-bond donors (Lipinski definition) is 1. The molecule has 2 aliphatic heterocycles. The Bertz CT molecular complexity index is 1030. The number of fused-ring (bicyclic) bond motifs is 2. The molecule has 3 fully saturated rings. The van der Waals surface area contributed by atoms with Crippen LogP contribution in [0.1, 0.15) is 52.4 Å². The fraction of sp³-hybridized carbons (Fsp3) is 0.522. The number of likely N-dealkylation sites (tertiary alicyclic amines) is 1. The number of aromatic nitrogens is 1. The molecule has 1 aromatic carbocycles. The molecule has 0 unspecified atom stereocenters. The number of ether oxygens (including phenoxy) is 1. The molecular formula is C23H26N2O4. The normalized spacial score (nSPS) is 26.6. The Morgan fingerprint density at radius 1 is 1.24 bits per heavy atom. The summed E-state index contributed by atoms with van der Waals surface area (Å²) < 4.78 is 5.54. The summed E-state index contributed by atoms with van der Waals surface area (Å²) in [6.45, 7) is 5.58. The van der Waals surface area contributed by atoms with E-state index in [0.717, 1.165) is 40.6 Å². The predicted molar refractivity (Wildman–Crippen MR) is 108 cm³/mol. The van der Waals surface area contributed by atoms with Gasteiger partial charge in [0, 0.05) is 42.6 Å². The van der Waals surface area contributed by atoms with Crippen LogP contribution in [0.2, 0.25) is 0 Å². The molecule has 1 saturated carbocycles. The van der Waals surface area contributed by atoms with Crippen molar-refractivity contribution in [3.63, 3.8) is 0 Å². The maximum absolute atomic E-state index is 13.7. The second kappa shape index (κ2) is 6.52. The summed E-state index contributed by atoms with van der Waals surface area (Å²) in [5.41, 5.74) is 3.81. The molecule has 3 aliphatic rings. The van der Waals surface area contributed by atoms with Crippen molar-refractivity contribution >= 4 is 22.8 Å². The predicted octanol–water partition coefficient (Wildman–Crippen LogP) is 3.29. The first-order chi connectivity index (χ1) is 13.9. The molecule has 6 heteroatoms. The lowest BCUT2D eigenvalue weighted by molar-refractivity contribution is -0.157. The topological polar surface area (TPSA) is 79.7 Å². The van der Waals surface area contributed by atoms with Crippen molar-refractivity contribution in [2.45, 2.75) is 39.0 Å². The Morgan fingerprint density at radius 3 is 2.72 bits per heavy atom. The van der Waals surface area contributed by atoms with Crippen molar-refractivity contribution in [3.05, 3.63) is 40.6 Å². The maximum atomic E-state index is 13.7. The van der Waals surface area contributed by atoms with Crippen LogP contribution in [0.15, 0.2) is 18.2 Å². The van der Waals surface area contributed by atoms with Gasteiger partial charge in [0.15, 0.2) is 0 Å². The van der Waals surface area contributed by atoms with E-state index < -0.39 is 11.4 Å². The first-order valence-electron chi connectivity index (χ1n) is 10.4. The molecular weight excluding hydrogens is 368 g/mol. The van der Waals surface area contributed by atoms with E-state index in [4.69, 9.17) is 9.72 Å². The number of carbonyl (C=O) groups is 2. The molecule has 2 saturated heterocycles. The summed E-state index contributed by atoms with van der Waals surface area (Å²) in [7, 11) is 0. The van der Waals surface area contributed by atoms with E-state index in [1.807, 2.05) is 26.0 Å². The van der Waals surface area contributed by atoms with Gasteiger partial charge in [-0.3, -0.25) is 14.6 Å². The van der Waals surface area contributed by atoms with E-state index >= 15 is 0 Å². The van der Waals surface area contributed by atoms with Crippen molar-refractivity contribution < 1.29 is 19.4 Å². The Hall–Kier alpha value is -2.47. The lowest BCUT2D eigenvalue weighted by Crippen LogP contribution is -2.45. The van der Waals surface area contributed by atoms with Gasteiger partial charge in [-0.05, 0) is 50.8 Å². The van der Waals surface area contributed by atoms with Gasteiger partial charge in [0.05, 0.1) is 23.1 Å². The minimum atomic E-state index is -0.887. The smallest absolute Gasteiger partial charge is 0.311 e. The van der Waals surface area contributed by atoms with E-state index in [1.54, 1.807) is 4.90 Å². The molecule has 2 aromatic rings. The van der Waals surface area contributed by atoms with Crippen LogP contribution in [0.5, 0.6) is 0 Å². The monoisotopic (exact) mass is 394 g/mol. The maximum Gasteiger partial charge on any atom is 0.311 e. The summed E-state index contributed by atoms with van der Waals surface area (Å²) in [4.78, 5) is 32.4. The van der Waals surface area contributed by atoms with Crippen LogP contribution in [-0.4, -0.2) is 53.2 Å². The van der Waals surface area contributed by atoms with Gasteiger partial charge in [-0.15, -0.1) is 0 Å². The van der Waals surface area contributed by atoms with Crippen LogP contribution in [0.4, 0.5) is 0 Å². The van der Waals surface area contributed by atoms with E-state index in [0.29, 0.717) is 37.7 Å². The number of nitrogens with zero attached hydrogens (tertiary/aromatic N) is 2. The highest BCUT2D eigenvalue weighted by Gasteiger charge is 2.55. The molecule has 1 N–H and O–H groups in total. The third-order valence-electron chi connectivity index (χ3n) is 6.91. The number of hydrogen-bond acceptors (Lipinski definition) is 4. The number of benzene rings is 1. The van der Waals surface area contributed by atoms with Crippen molar-refractivity contribution in [3.8, 4) is 0 Å². The minimum Gasteiger partial charge on any atom is -0.481 e. The third kappa shape index (κ3) is 2.92. The van der Waals surface area contributed by atoms with Crippen LogP contribution < -0.4 is 0 Å². The van der Waals surface area contributed by atoms with Crippen LogP contribution >= 0.6 is 0 Å². The van der Waals surface area contributed by atoms with Gasteiger partial charge in [0.25, 0.3) is 5.91 Å². The number of rotatable bonds is 3. The summed E-state index contributed by atoms with van der Waals surface area (Å²) >= 11 is 0. The standard InChI is InChI=1S/C23H26N2O4/c1-13-7-14(2)20-17(8-13)18(9-19(24-20)15-3-4-15)21(26)25-10-16-11-29-6-5-23(16,12-25)22(27)28/h7-9,15-16H,3-6,10-12H2,1-2H3,(H,27,28)/t16-,23+/m0/s1. The van der Waals surface area contributed by atoms with Crippen molar-refractivity contribution in [2.24, 2.45) is 11.3 Å². The van der Waals surface area contributed by atoms with Gasteiger partial charge in [0.2, 0.25) is 0 Å². The van der Waals surface area contributed by atoms with Crippen molar-refractivity contribution in [1.29, 1.82) is 0 Å². The molecule has 0 spiro atoms. The van der Waals surface area contributed by atoms with Crippen LogP contribution in [0.25, 0.3) is 10.9 Å². The van der Waals surface area contributed by atoms with Gasteiger partial charge in [-0.1, -0.05) is 11.6 Å². The minimum absolute atomic E-state index is 0.0840. The zero-order chi connectivity index (χ0) is 20.3. The molecule has 3 heterocycles. The molecule has 1 aromatic heterocycles. The second-order valence-corrected chi connectivity index (χ2v) is 9.02. The zero-order valence-electron chi connectivity index (χ0n) is 16.9. The lowest BCUT2D eigenvalue weighted by atomic mass is 9.74. The molecule has 5 rings (SSSR count). The molecule has 152 valence electrons. The highest BCUT2D eigenvalue weighted by Crippen LogP contribution is 2.44. The van der Waals surface area contributed by atoms with Crippen LogP contribution in [0, 0.1) is 25.2 Å². The van der Waals surface area contributed by atoms with Gasteiger partial charge < -0.3 is 14.7 Å². The molecule has 29 heavy (non-hydrogen) atoms. The lowest BCUT2D eigenvalue weighted by Gasteiger charge is -2.33. The van der Waals surface area contributed by atoms with E-state index in [1.165, 1.54) is 0 Å². The SMILES string of the molecule is Cc1cc(C)c2nc(C3CC3)cc(C(=O)N3C[C@H]4COCC[C@@]4(C(=O)O)C3)c2c1. The Labute approximate surface area is 169 Å². The van der Waals surface area contributed by atoms with Crippen molar-refractivity contribution in [1.82, 2.24) is 9.88 Å². The highest BCUT2D eigenvalue weighted by atomic mass is 16.5. The molecule has 1 amide bonds. The number of aliphatic carboxylic acids is 1. The van der Waals surface area contributed by atoms with Crippen LogP contribution in [0.3, 0.4) is 0 Å². The number of pyridine rings is 1. The Balaban J connectivity index is 1.58. The van der Waals surface area contributed by atoms with E-state index in [2.05, 4.69) is 6.07 Å². The number of carboxylic acid groups (broad SMARTS) is 1. The summed E-state index contributed by atoms with van der Waals surface area (Å²) in [5.74, 6) is -0.617. The highest BCUT2D eigenvalue weighted by molar-refractivity contribution is 6.07. The van der Waals surface area contributed by atoms with E-state index in [9.17, 15) is 14.7 Å². The first kappa shape index (κ1) is 18.6. The summed E-state index contributed by atoms with van der Waals surface area (Å²) in [6.07, 6.45) is 2.68. The summed E-state index contributed by atoms with van der Waals surface area (Å²) in [6, 6.07) is 6.08. The van der Waals surface area contributed by atoms with Gasteiger partial charge in [0.1, 0.15) is 0 Å². The molecule has 0 radical (unpaired) electrons. The average Bonchev–Trinajstić information content (AvgIpc) is 3.46. The van der Waals surface area contributed by atoms with Crippen LogP contribution in [-0.2, 0) is 9.53 Å². The van der Waals surface area contributed by atoms with Gasteiger partial charge in [-0.2, -0.15) is 0 Å². The zero-order valence-corrected chi connectivity index (χ0v) is 16.9. The number of carboxylic acids is 1. The second-order valence-electron chi connectivity index (χ2n) is 9.02.